The summed E-state index contributed by atoms with van der Waals surface area (Å²) in [5.41, 5.74) is 9.25. The van der Waals surface area contributed by atoms with Crippen LogP contribution in [0.4, 0.5) is 10.7 Å². The SMILES string of the molecule is COC(=O)c1c(NC(=O)C(C)Sc2cccc(N)c2)sc2c1CCN(Cc1ccccc1)C2. The molecule has 1 unspecified atom stereocenters. The number of benzene rings is 2. The highest BCUT2D eigenvalue weighted by Gasteiger charge is 2.30. The van der Waals surface area contributed by atoms with Gasteiger partial charge in [-0.3, -0.25) is 9.69 Å². The first kappa shape index (κ1) is 23.4. The van der Waals surface area contributed by atoms with E-state index in [2.05, 4.69) is 22.3 Å². The Labute approximate surface area is 202 Å². The molecule has 8 heteroatoms. The monoisotopic (exact) mass is 481 g/mol. The number of fused-ring (bicyclic) bond motifs is 1. The minimum absolute atomic E-state index is 0.160. The van der Waals surface area contributed by atoms with Crippen molar-refractivity contribution in [1.82, 2.24) is 4.90 Å². The van der Waals surface area contributed by atoms with Crippen LogP contribution in [0.25, 0.3) is 0 Å². The van der Waals surface area contributed by atoms with Gasteiger partial charge in [-0.2, -0.15) is 0 Å². The number of nitrogens with one attached hydrogen (secondary N) is 1. The van der Waals surface area contributed by atoms with Crippen LogP contribution in [0.5, 0.6) is 0 Å². The third-order valence-corrected chi connectivity index (χ3v) is 7.78. The van der Waals surface area contributed by atoms with Crippen LogP contribution in [0.2, 0.25) is 0 Å². The maximum atomic E-state index is 13.0. The van der Waals surface area contributed by atoms with Crippen molar-refractivity contribution in [3.8, 4) is 0 Å². The second-order valence-electron chi connectivity index (χ2n) is 7.97. The summed E-state index contributed by atoms with van der Waals surface area (Å²) >= 11 is 2.90. The van der Waals surface area contributed by atoms with Gasteiger partial charge in [0.15, 0.2) is 0 Å². The molecule has 2 heterocycles. The van der Waals surface area contributed by atoms with E-state index in [1.165, 1.54) is 35.8 Å². The number of thioether (sulfide) groups is 1. The highest BCUT2D eigenvalue weighted by Crippen LogP contribution is 2.38. The molecule has 0 aliphatic carbocycles. The Morgan fingerprint density at radius 2 is 2.00 bits per heavy atom. The summed E-state index contributed by atoms with van der Waals surface area (Å²) in [6.45, 7) is 4.28. The number of thiophene rings is 1. The van der Waals surface area contributed by atoms with Crippen molar-refractivity contribution in [3.63, 3.8) is 0 Å². The summed E-state index contributed by atoms with van der Waals surface area (Å²) < 4.78 is 5.06. The normalized spacial score (nSPS) is 14.4. The number of rotatable bonds is 7. The van der Waals surface area contributed by atoms with Crippen molar-refractivity contribution >= 4 is 45.7 Å². The number of nitrogens with two attached hydrogens (primary N) is 1. The van der Waals surface area contributed by atoms with E-state index in [0.29, 0.717) is 16.3 Å². The Morgan fingerprint density at radius 3 is 2.73 bits per heavy atom. The zero-order valence-electron chi connectivity index (χ0n) is 18.7. The zero-order chi connectivity index (χ0) is 23.4. The number of carbonyl (C=O) groups excluding carboxylic acids is 2. The molecule has 4 rings (SSSR count). The molecule has 6 nitrogen and oxygen atoms in total. The predicted molar refractivity (Wildman–Crippen MR) is 135 cm³/mol. The van der Waals surface area contributed by atoms with Gasteiger partial charge in [0.25, 0.3) is 0 Å². The first-order valence-corrected chi connectivity index (χ1v) is 12.5. The molecule has 3 N–H and O–H groups in total. The molecule has 1 aliphatic heterocycles. The van der Waals surface area contributed by atoms with E-state index in [1.54, 1.807) is 0 Å². The lowest BCUT2D eigenvalue weighted by Crippen LogP contribution is -2.29. The maximum Gasteiger partial charge on any atom is 0.341 e. The Morgan fingerprint density at radius 1 is 1.21 bits per heavy atom. The van der Waals surface area contributed by atoms with Gasteiger partial charge in [-0.15, -0.1) is 23.1 Å². The first-order valence-electron chi connectivity index (χ1n) is 10.8. The number of carbonyl (C=O) groups is 2. The van der Waals surface area contributed by atoms with Gasteiger partial charge >= 0.3 is 5.97 Å². The minimum Gasteiger partial charge on any atom is -0.465 e. The Kier molecular flexibility index (Phi) is 7.37. The maximum absolute atomic E-state index is 13.0. The predicted octanol–water partition coefficient (Wildman–Crippen LogP) is 4.79. The van der Waals surface area contributed by atoms with Gasteiger partial charge < -0.3 is 15.8 Å². The molecule has 1 atom stereocenters. The Bertz CT molecular complexity index is 1150. The lowest BCUT2D eigenvalue weighted by atomic mass is 10.0. The lowest BCUT2D eigenvalue weighted by Gasteiger charge is -2.27. The second-order valence-corrected chi connectivity index (χ2v) is 10.5. The van der Waals surface area contributed by atoms with Crippen molar-refractivity contribution in [2.24, 2.45) is 0 Å². The van der Waals surface area contributed by atoms with E-state index in [0.717, 1.165) is 41.4 Å². The third kappa shape index (κ3) is 5.58. The van der Waals surface area contributed by atoms with E-state index in [4.69, 9.17) is 10.5 Å². The Hall–Kier alpha value is -2.81. The smallest absolute Gasteiger partial charge is 0.341 e. The van der Waals surface area contributed by atoms with Crippen LogP contribution in [0, 0.1) is 0 Å². The van der Waals surface area contributed by atoms with Crippen LogP contribution in [-0.2, 0) is 29.0 Å². The number of ether oxygens (including phenoxy) is 1. The highest BCUT2D eigenvalue weighted by molar-refractivity contribution is 8.00. The van der Waals surface area contributed by atoms with Crippen molar-refractivity contribution < 1.29 is 14.3 Å². The molecule has 0 saturated heterocycles. The summed E-state index contributed by atoms with van der Waals surface area (Å²) in [6, 6.07) is 17.8. The van der Waals surface area contributed by atoms with Gasteiger partial charge in [-0.1, -0.05) is 36.4 Å². The summed E-state index contributed by atoms with van der Waals surface area (Å²) in [5, 5.41) is 3.20. The fraction of sp³-hybridized carbons (Fsp3) is 0.280. The average molecular weight is 482 g/mol. The van der Waals surface area contributed by atoms with Gasteiger partial charge in [0.1, 0.15) is 5.00 Å². The van der Waals surface area contributed by atoms with Gasteiger partial charge in [0, 0.05) is 35.1 Å². The molecule has 172 valence electrons. The molecule has 0 fully saturated rings. The fourth-order valence-corrected chi connectivity index (χ4v) is 6.11. The van der Waals surface area contributed by atoms with Crippen molar-refractivity contribution in [3.05, 3.63) is 76.2 Å². The number of anilines is 2. The van der Waals surface area contributed by atoms with E-state index in [1.807, 2.05) is 49.4 Å². The van der Waals surface area contributed by atoms with Crippen LogP contribution >= 0.6 is 23.1 Å². The molecule has 1 aromatic heterocycles. The number of nitrogens with zero attached hydrogens (tertiary/aromatic N) is 1. The van der Waals surface area contributed by atoms with E-state index in [-0.39, 0.29) is 11.2 Å². The van der Waals surface area contributed by atoms with Crippen LogP contribution in [0.3, 0.4) is 0 Å². The standard InChI is InChI=1S/C25H27N3O3S2/c1-16(32-19-10-6-9-18(26)13-19)23(29)27-24-22(25(30)31-2)20-11-12-28(15-21(20)33-24)14-17-7-4-3-5-8-17/h3-10,13,16H,11-12,14-15,26H2,1-2H3,(H,27,29). The summed E-state index contributed by atoms with van der Waals surface area (Å²) in [6.07, 6.45) is 0.743. The number of amides is 1. The summed E-state index contributed by atoms with van der Waals surface area (Å²) in [5.74, 6) is -0.567. The molecule has 0 radical (unpaired) electrons. The largest absolute Gasteiger partial charge is 0.465 e. The minimum atomic E-state index is -0.407. The highest BCUT2D eigenvalue weighted by atomic mass is 32.2. The second kappa shape index (κ2) is 10.4. The molecule has 1 amide bonds. The molecule has 2 aromatic carbocycles. The van der Waals surface area contributed by atoms with Crippen molar-refractivity contribution in [2.45, 2.75) is 36.6 Å². The van der Waals surface area contributed by atoms with E-state index in [9.17, 15) is 9.59 Å². The molecular formula is C25H27N3O3S2. The molecule has 33 heavy (non-hydrogen) atoms. The summed E-state index contributed by atoms with van der Waals surface area (Å²) in [7, 11) is 1.38. The molecule has 1 aliphatic rings. The third-order valence-electron chi connectivity index (χ3n) is 5.55. The van der Waals surface area contributed by atoms with Crippen LogP contribution in [-0.4, -0.2) is 35.7 Å². The quantitative estimate of drug-likeness (QED) is 0.287. The fourth-order valence-electron chi connectivity index (χ4n) is 3.90. The van der Waals surface area contributed by atoms with Crippen molar-refractivity contribution in [2.75, 3.05) is 24.7 Å². The van der Waals surface area contributed by atoms with Crippen molar-refractivity contribution in [1.29, 1.82) is 0 Å². The molecule has 0 bridgehead atoms. The first-order chi connectivity index (χ1) is 15.9. The van der Waals surface area contributed by atoms with Gasteiger partial charge in [-0.05, 0) is 42.7 Å². The number of nitrogen functional groups attached to an aromatic ring is 1. The van der Waals surface area contributed by atoms with Crippen LogP contribution in [0.1, 0.15) is 33.3 Å². The number of hydrogen-bond donors (Lipinski definition) is 2. The Balaban J connectivity index is 1.51. The number of hydrogen-bond acceptors (Lipinski definition) is 7. The number of methoxy groups -OCH3 is 1. The van der Waals surface area contributed by atoms with Gasteiger partial charge in [0.2, 0.25) is 5.91 Å². The van der Waals surface area contributed by atoms with E-state index >= 15 is 0 Å². The molecule has 0 spiro atoms. The summed E-state index contributed by atoms with van der Waals surface area (Å²) in [4.78, 5) is 30.0. The zero-order valence-corrected chi connectivity index (χ0v) is 20.3. The van der Waals surface area contributed by atoms with E-state index < -0.39 is 5.97 Å². The number of esters is 1. The molecular weight excluding hydrogens is 454 g/mol. The van der Waals surface area contributed by atoms with Crippen LogP contribution in [0.15, 0.2) is 59.5 Å². The van der Waals surface area contributed by atoms with Gasteiger partial charge in [-0.25, -0.2) is 4.79 Å². The average Bonchev–Trinajstić information content (AvgIpc) is 3.16. The molecule has 3 aromatic rings. The van der Waals surface area contributed by atoms with Crippen LogP contribution < -0.4 is 11.1 Å². The lowest BCUT2D eigenvalue weighted by molar-refractivity contribution is -0.115. The van der Waals surface area contributed by atoms with Gasteiger partial charge in [0.05, 0.1) is 17.9 Å². The topological polar surface area (TPSA) is 84.7 Å². The molecule has 0 saturated carbocycles.